The molecule has 0 radical (unpaired) electrons. The van der Waals surface area contributed by atoms with Gasteiger partial charge in [0, 0.05) is 64.9 Å². The highest BCUT2D eigenvalue weighted by molar-refractivity contribution is 7.89. The number of amides is 2. The van der Waals surface area contributed by atoms with E-state index in [0.717, 1.165) is 6.42 Å². The summed E-state index contributed by atoms with van der Waals surface area (Å²) in [6.45, 7) is 8.89. The van der Waals surface area contributed by atoms with Crippen LogP contribution in [0.4, 0.5) is 0 Å². The Morgan fingerprint density at radius 2 is 1.65 bits per heavy atom. The number of aromatic nitrogens is 2. The highest BCUT2D eigenvalue weighted by Crippen LogP contribution is 2.25. The molecule has 1 aromatic rings. The standard InChI is InChI=1S/C21H35N5O4S/c1-16(2)5-6-20(27)24-11-13-25(14-12-24)21(28)18-7-9-26(10-8-18)31(29,30)19-15-23(4)17(3)22-19/h15-16,18H,5-14H2,1-4H3. The molecule has 2 saturated heterocycles. The predicted molar refractivity (Wildman–Crippen MR) is 117 cm³/mol. The Morgan fingerprint density at radius 3 is 2.16 bits per heavy atom. The van der Waals surface area contributed by atoms with Crippen molar-refractivity contribution in [1.82, 2.24) is 23.7 Å². The minimum absolute atomic E-state index is 0.0653. The first kappa shape index (κ1) is 23.7. The molecular weight excluding hydrogens is 418 g/mol. The van der Waals surface area contributed by atoms with Crippen LogP contribution < -0.4 is 0 Å². The van der Waals surface area contributed by atoms with Crippen LogP contribution in [0.5, 0.6) is 0 Å². The molecule has 0 aromatic carbocycles. The van der Waals surface area contributed by atoms with Gasteiger partial charge >= 0.3 is 0 Å². The monoisotopic (exact) mass is 453 g/mol. The Morgan fingerprint density at radius 1 is 1.06 bits per heavy atom. The first-order valence-corrected chi connectivity index (χ1v) is 12.6. The zero-order chi connectivity index (χ0) is 22.8. The van der Waals surface area contributed by atoms with Gasteiger partial charge in [-0.15, -0.1) is 0 Å². The van der Waals surface area contributed by atoms with E-state index in [2.05, 4.69) is 18.8 Å². The second-order valence-corrected chi connectivity index (χ2v) is 10.9. The summed E-state index contributed by atoms with van der Waals surface area (Å²) >= 11 is 0. The van der Waals surface area contributed by atoms with Gasteiger partial charge in [0.05, 0.1) is 0 Å². The largest absolute Gasteiger partial charge is 0.339 e. The third kappa shape index (κ3) is 5.46. The van der Waals surface area contributed by atoms with Gasteiger partial charge in [-0.1, -0.05) is 13.8 Å². The van der Waals surface area contributed by atoms with E-state index in [4.69, 9.17) is 0 Å². The van der Waals surface area contributed by atoms with E-state index in [1.807, 2.05) is 9.80 Å². The first-order valence-electron chi connectivity index (χ1n) is 11.2. The number of imidazole rings is 1. The average molecular weight is 454 g/mol. The van der Waals surface area contributed by atoms with Crippen molar-refractivity contribution in [3.05, 3.63) is 12.0 Å². The summed E-state index contributed by atoms with van der Waals surface area (Å²) in [6.07, 6.45) is 4.00. The van der Waals surface area contributed by atoms with E-state index < -0.39 is 10.0 Å². The molecule has 10 heteroatoms. The fraction of sp³-hybridized carbons (Fsp3) is 0.762. The molecule has 174 valence electrons. The lowest BCUT2D eigenvalue weighted by molar-refractivity contribution is -0.143. The number of sulfonamides is 1. The Hall–Kier alpha value is -1.94. The molecule has 3 rings (SSSR count). The maximum absolute atomic E-state index is 13.0. The van der Waals surface area contributed by atoms with Gasteiger partial charge in [-0.05, 0) is 32.1 Å². The molecule has 31 heavy (non-hydrogen) atoms. The summed E-state index contributed by atoms with van der Waals surface area (Å²) in [5, 5.41) is 0.0653. The molecule has 9 nitrogen and oxygen atoms in total. The summed E-state index contributed by atoms with van der Waals surface area (Å²) in [5.41, 5.74) is 0. The van der Waals surface area contributed by atoms with Crippen molar-refractivity contribution in [3.8, 4) is 0 Å². The number of rotatable bonds is 6. The second-order valence-electron chi connectivity index (χ2n) is 9.05. The summed E-state index contributed by atoms with van der Waals surface area (Å²) in [5.74, 6) is 1.23. The van der Waals surface area contributed by atoms with Crippen molar-refractivity contribution in [1.29, 1.82) is 0 Å². The predicted octanol–water partition coefficient (Wildman–Crippen LogP) is 1.24. The van der Waals surface area contributed by atoms with Crippen molar-refractivity contribution >= 4 is 21.8 Å². The minimum Gasteiger partial charge on any atom is -0.339 e. The SMILES string of the molecule is Cc1nc(S(=O)(=O)N2CCC(C(=O)N3CCN(C(=O)CCC(C)C)CC3)CC2)cn1C. The number of aryl methyl sites for hydroxylation is 2. The van der Waals surface area contributed by atoms with E-state index in [-0.39, 0.29) is 22.8 Å². The van der Waals surface area contributed by atoms with Gasteiger partial charge in [-0.2, -0.15) is 4.31 Å². The third-order valence-electron chi connectivity index (χ3n) is 6.37. The van der Waals surface area contributed by atoms with Crippen LogP contribution in [0.3, 0.4) is 0 Å². The van der Waals surface area contributed by atoms with Crippen LogP contribution in [0.1, 0.15) is 45.4 Å². The number of hydrogen-bond donors (Lipinski definition) is 0. The van der Waals surface area contributed by atoms with Gasteiger partial charge in [0.2, 0.25) is 11.8 Å². The van der Waals surface area contributed by atoms with Gasteiger partial charge < -0.3 is 14.4 Å². The summed E-state index contributed by atoms with van der Waals surface area (Å²) < 4.78 is 28.8. The maximum Gasteiger partial charge on any atom is 0.262 e. The van der Waals surface area contributed by atoms with Gasteiger partial charge in [0.15, 0.2) is 5.03 Å². The number of hydrogen-bond acceptors (Lipinski definition) is 5. The van der Waals surface area contributed by atoms with Crippen LogP contribution in [0.25, 0.3) is 0 Å². The summed E-state index contributed by atoms with van der Waals surface area (Å²) in [6, 6.07) is 0. The van der Waals surface area contributed by atoms with Gasteiger partial charge in [-0.3, -0.25) is 9.59 Å². The smallest absolute Gasteiger partial charge is 0.262 e. The van der Waals surface area contributed by atoms with E-state index in [1.165, 1.54) is 10.5 Å². The molecule has 3 heterocycles. The van der Waals surface area contributed by atoms with Crippen molar-refractivity contribution in [2.45, 2.75) is 51.5 Å². The molecule has 0 unspecified atom stereocenters. The van der Waals surface area contributed by atoms with Gasteiger partial charge in [0.25, 0.3) is 10.0 Å². The normalized spacial score (nSPS) is 19.3. The summed E-state index contributed by atoms with van der Waals surface area (Å²) in [4.78, 5) is 33.1. The number of carbonyl (C=O) groups is 2. The van der Waals surface area contributed by atoms with Crippen molar-refractivity contribution in [3.63, 3.8) is 0 Å². The molecule has 0 spiro atoms. The maximum atomic E-state index is 13.0. The van der Waals surface area contributed by atoms with Crippen molar-refractivity contribution in [2.75, 3.05) is 39.3 Å². The fourth-order valence-corrected chi connectivity index (χ4v) is 5.63. The molecular formula is C21H35N5O4S. The first-order chi connectivity index (χ1) is 14.6. The average Bonchev–Trinajstić information content (AvgIpc) is 3.11. The van der Waals surface area contributed by atoms with Crippen LogP contribution in [-0.2, 0) is 26.7 Å². The lowest BCUT2D eigenvalue weighted by Crippen LogP contribution is -2.53. The fourth-order valence-electron chi connectivity index (χ4n) is 4.13. The minimum atomic E-state index is -3.63. The number of nitrogens with zero attached hydrogens (tertiary/aromatic N) is 5. The Bertz CT molecular complexity index is 875. The Balaban J connectivity index is 1.49. The number of piperidine rings is 1. The Kier molecular flexibility index (Phi) is 7.41. The quantitative estimate of drug-likeness (QED) is 0.646. The lowest BCUT2D eigenvalue weighted by Gasteiger charge is -2.38. The van der Waals surface area contributed by atoms with Crippen LogP contribution in [0.2, 0.25) is 0 Å². The van der Waals surface area contributed by atoms with E-state index in [9.17, 15) is 18.0 Å². The zero-order valence-corrected chi connectivity index (χ0v) is 19.9. The zero-order valence-electron chi connectivity index (χ0n) is 19.1. The van der Waals surface area contributed by atoms with E-state index in [1.54, 1.807) is 18.5 Å². The van der Waals surface area contributed by atoms with E-state index in [0.29, 0.717) is 70.3 Å². The van der Waals surface area contributed by atoms with Gasteiger partial charge in [-0.25, -0.2) is 13.4 Å². The van der Waals surface area contributed by atoms with Crippen LogP contribution >= 0.6 is 0 Å². The number of carbonyl (C=O) groups excluding carboxylic acids is 2. The number of piperazine rings is 1. The lowest BCUT2D eigenvalue weighted by atomic mass is 9.96. The van der Waals surface area contributed by atoms with E-state index >= 15 is 0 Å². The second kappa shape index (κ2) is 9.68. The third-order valence-corrected chi connectivity index (χ3v) is 8.14. The Labute approximate surface area is 185 Å². The molecule has 1 aromatic heterocycles. The molecule has 0 aliphatic carbocycles. The molecule has 2 amide bonds. The molecule has 2 aliphatic heterocycles. The van der Waals surface area contributed by atoms with Crippen molar-refractivity contribution < 1.29 is 18.0 Å². The van der Waals surface area contributed by atoms with Crippen LogP contribution in [-0.4, -0.2) is 83.2 Å². The molecule has 0 atom stereocenters. The summed E-state index contributed by atoms with van der Waals surface area (Å²) in [7, 11) is -1.87. The van der Waals surface area contributed by atoms with Crippen molar-refractivity contribution in [2.24, 2.45) is 18.9 Å². The molecule has 0 saturated carbocycles. The molecule has 2 fully saturated rings. The van der Waals surface area contributed by atoms with Crippen LogP contribution in [0, 0.1) is 18.8 Å². The molecule has 0 bridgehead atoms. The molecule has 2 aliphatic rings. The molecule has 0 N–H and O–H groups in total. The van der Waals surface area contributed by atoms with Crippen LogP contribution in [0.15, 0.2) is 11.2 Å². The highest BCUT2D eigenvalue weighted by atomic mass is 32.2. The highest BCUT2D eigenvalue weighted by Gasteiger charge is 2.36. The van der Waals surface area contributed by atoms with Gasteiger partial charge in [0.1, 0.15) is 5.82 Å². The topological polar surface area (TPSA) is 95.8 Å².